The summed E-state index contributed by atoms with van der Waals surface area (Å²) in [5.41, 5.74) is 0.533. The largest absolute Gasteiger partial charge is 0.481 e. The van der Waals surface area contributed by atoms with Crippen molar-refractivity contribution >= 4 is 17.7 Å². The van der Waals surface area contributed by atoms with E-state index in [9.17, 15) is 14.7 Å². The molecule has 2 aliphatic rings. The van der Waals surface area contributed by atoms with Gasteiger partial charge in [0, 0.05) is 31.9 Å². The van der Waals surface area contributed by atoms with Gasteiger partial charge in [0.2, 0.25) is 0 Å². The number of piperidine rings is 1. The van der Waals surface area contributed by atoms with Crippen molar-refractivity contribution in [3.63, 3.8) is 0 Å². The Kier molecular flexibility index (Phi) is 4.50. The van der Waals surface area contributed by atoms with Gasteiger partial charge in [-0.25, -0.2) is 4.98 Å². The van der Waals surface area contributed by atoms with E-state index in [4.69, 9.17) is 0 Å². The predicted octanol–water partition coefficient (Wildman–Crippen LogP) is 2.01. The van der Waals surface area contributed by atoms with Crippen LogP contribution in [0.5, 0.6) is 0 Å². The zero-order valence-corrected chi connectivity index (χ0v) is 13.4. The molecule has 6 nitrogen and oxygen atoms in total. The summed E-state index contributed by atoms with van der Waals surface area (Å²) >= 11 is 0. The monoisotopic (exact) mass is 317 g/mol. The highest BCUT2D eigenvalue weighted by Gasteiger charge is 2.35. The number of likely N-dealkylation sites (tertiary alicyclic amines) is 1. The van der Waals surface area contributed by atoms with E-state index >= 15 is 0 Å². The first-order valence-corrected chi connectivity index (χ1v) is 8.32. The summed E-state index contributed by atoms with van der Waals surface area (Å²) in [6, 6.07) is 3.41. The second-order valence-corrected chi connectivity index (χ2v) is 6.43. The van der Waals surface area contributed by atoms with Gasteiger partial charge in [0.05, 0.1) is 11.5 Å². The van der Waals surface area contributed by atoms with Gasteiger partial charge in [0.15, 0.2) is 0 Å². The number of rotatable bonds is 3. The predicted molar refractivity (Wildman–Crippen MR) is 86.5 cm³/mol. The molecule has 23 heavy (non-hydrogen) atoms. The quantitative estimate of drug-likeness (QED) is 0.923. The minimum Gasteiger partial charge on any atom is -0.481 e. The van der Waals surface area contributed by atoms with E-state index in [2.05, 4.69) is 9.88 Å². The molecular formula is C17H23N3O3. The van der Waals surface area contributed by atoms with E-state index < -0.39 is 11.9 Å². The number of amides is 1. The SMILES string of the molecule is C[C@@H]1[C@H](C(=O)O)CCCN1C(=O)c1ccc(N2CCCC2)nc1. The molecule has 1 amide bonds. The van der Waals surface area contributed by atoms with Crippen molar-refractivity contribution in [2.75, 3.05) is 24.5 Å². The summed E-state index contributed by atoms with van der Waals surface area (Å²) in [6.45, 7) is 4.47. The molecule has 2 aliphatic heterocycles. The molecule has 1 aromatic rings. The van der Waals surface area contributed by atoms with E-state index in [1.165, 1.54) is 12.8 Å². The molecule has 0 saturated carbocycles. The third kappa shape index (κ3) is 3.16. The number of carboxylic acids is 1. The number of aliphatic carboxylic acids is 1. The van der Waals surface area contributed by atoms with E-state index in [-0.39, 0.29) is 11.9 Å². The van der Waals surface area contributed by atoms with Crippen LogP contribution >= 0.6 is 0 Å². The van der Waals surface area contributed by atoms with Crippen molar-refractivity contribution in [2.24, 2.45) is 5.92 Å². The van der Waals surface area contributed by atoms with Crippen molar-refractivity contribution in [3.8, 4) is 0 Å². The number of carbonyl (C=O) groups is 2. The second kappa shape index (κ2) is 6.56. The lowest BCUT2D eigenvalue weighted by atomic mass is 9.90. The maximum Gasteiger partial charge on any atom is 0.308 e. The Labute approximate surface area is 136 Å². The van der Waals surface area contributed by atoms with Crippen LogP contribution in [0.2, 0.25) is 0 Å². The Morgan fingerprint density at radius 3 is 2.52 bits per heavy atom. The first kappa shape index (κ1) is 15.8. The smallest absolute Gasteiger partial charge is 0.308 e. The van der Waals surface area contributed by atoms with Gasteiger partial charge in [-0.1, -0.05) is 0 Å². The van der Waals surface area contributed by atoms with Gasteiger partial charge in [-0.3, -0.25) is 9.59 Å². The van der Waals surface area contributed by atoms with Crippen molar-refractivity contribution in [3.05, 3.63) is 23.9 Å². The number of hydrogen-bond donors (Lipinski definition) is 1. The van der Waals surface area contributed by atoms with E-state index in [1.807, 2.05) is 13.0 Å². The molecular weight excluding hydrogens is 294 g/mol. The van der Waals surface area contributed by atoms with Gasteiger partial charge >= 0.3 is 5.97 Å². The number of carboxylic acid groups (broad SMARTS) is 1. The van der Waals surface area contributed by atoms with E-state index in [0.29, 0.717) is 18.5 Å². The fraction of sp³-hybridized carbons (Fsp3) is 0.588. The molecule has 0 radical (unpaired) electrons. The second-order valence-electron chi connectivity index (χ2n) is 6.43. The molecule has 0 aliphatic carbocycles. The summed E-state index contributed by atoms with van der Waals surface area (Å²) < 4.78 is 0. The molecule has 0 unspecified atom stereocenters. The minimum atomic E-state index is -0.822. The third-order valence-electron chi connectivity index (χ3n) is 4.99. The van der Waals surface area contributed by atoms with Crippen LogP contribution in [0.15, 0.2) is 18.3 Å². The fourth-order valence-corrected chi connectivity index (χ4v) is 3.57. The zero-order chi connectivity index (χ0) is 16.4. The Morgan fingerprint density at radius 2 is 1.91 bits per heavy atom. The van der Waals surface area contributed by atoms with Gasteiger partial charge in [-0.2, -0.15) is 0 Å². The Bertz CT molecular complexity index is 581. The van der Waals surface area contributed by atoms with E-state index in [1.54, 1.807) is 17.2 Å². The Balaban J connectivity index is 1.73. The molecule has 3 rings (SSSR count). The lowest BCUT2D eigenvalue weighted by Crippen LogP contribution is -2.49. The summed E-state index contributed by atoms with van der Waals surface area (Å²) in [6.07, 6.45) is 5.35. The first-order valence-electron chi connectivity index (χ1n) is 8.32. The van der Waals surface area contributed by atoms with Crippen LogP contribution in [0.1, 0.15) is 43.0 Å². The van der Waals surface area contributed by atoms with Gasteiger partial charge < -0.3 is 14.9 Å². The molecule has 0 aromatic carbocycles. The normalized spacial score (nSPS) is 24.7. The molecule has 0 bridgehead atoms. The van der Waals surface area contributed by atoms with Crippen LogP contribution in [-0.2, 0) is 4.79 Å². The number of anilines is 1. The minimum absolute atomic E-state index is 0.121. The molecule has 0 spiro atoms. The number of nitrogens with zero attached hydrogens (tertiary/aromatic N) is 3. The third-order valence-corrected chi connectivity index (χ3v) is 4.99. The van der Waals surface area contributed by atoms with Crippen molar-refractivity contribution < 1.29 is 14.7 Å². The molecule has 124 valence electrons. The van der Waals surface area contributed by atoms with Crippen LogP contribution in [0.3, 0.4) is 0 Å². The Hall–Kier alpha value is -2.11. The highest BCUT2D eigenvalue weighted by Crippen LogP contribution is 2.26. The Morgan fingerprint density at radius 1 is 1.17 bits per heavy atom. The molecule has 2 atom stereocenters. The lowest BCUT2D eigenvalue weighted by molar-refractivity contribution is -0.144. The number of carbonyl (C=O) groups excluding carboxylic acids is 1. The molecule has 1 aromatic heterocycles. The summed E-state index contributed by atoms with van der Waals surface area (Å²) in [7, 11) is 0. The number of aromatic nitrogens is 1. The van der Waals surface area contributed by atoms with Gasteiger partial charge in [-0.15, -0.1) is 0 Å². The average Bonchev–Trinajstić information content (AvgIpc) is 3.09. The van der Waals surface area contributed by atoms with Gasteiger partial charge in [-0.05, 0) is 44.7 Å². The van der Waals surface area contributed by atoms with Crippen molar-refractivity contribution in [2.45, 2.75) is 38.6 Å². The summed E-state index contributed by atoms with van der Waals surface area (Å²) in [5.74, 6) is -0.514. The summed E-state index contributed by atoms with van der Waals surface area (Å²) in [5, 5.41) is 9.28. The van der Waals surface area contributed by atoms with Crippen LogP contribution < -0.4 is 4.90 Å². The fourth-order valence-electron chi connectivity index (χ4n) is 3.57. The van der Waals surface area contributed by atoms with Crippen LogP contribution in [0.4, 0.5) is 5.82 Å². The maximum absolute atomic E-state index is 12.7. The first-order chi connectivity index (χ1) is 11.1. The van der Waals surface area contributed by atoms with Crippen LogP contribution in [0.25, 0.3) is 0 Å². The van der Waals surface area contributed by atoms with Gasteiger partial charge in [0.1, 0.15) is 5.82 Å². The molecule has 1 N–H and O–H groups in total. The van der Waals surface area contributed by atoms with Crippen molar-refractivity contribution in [1.29, 1.82) is 0 Å². The number of pyridine rings is 1. The van der Waals surface area contributed by atoms with Crippen LogP contribution in [0, 0.1) is 5.92 Å². The zero-order valence-electron chi connectivity index (χ0n) is 13.4. The molecule has 2 fully saturated rings. The molecule has 2 saturated heterocycles. The lowest BCUT2D eigenvalue weighted by Gasteiger charge is -2.37. The van der Waals surface area contributed by atoms with E-state index in [0.717, 1.165) is 25.3 Å². The van der Waals surface area contributed by atoms with Crippen LogP contribution in [-0.4, -0.2) is 52.5 Å². The van der Waals surface area contributed by atoms with Crippen molar-refractivity contribution in [1.82, 2.24) is 9.88 Å². The highest BCUT2D eigenvalue weighted by molar-refractivity contribution is 5.94. The molecule has 3 heterocycles. The topological polar surface area (TPSA) is 73.7 Å². The average molecular weight is 317 g/mol. The highest BCUT2D eigenvalue weighted by atomic mass is 16.4. The molecule has 6 heteroatoms. The van der Waals surface area contributed by atoms with Gasteiger partial charge in [0.25, 0.3) is 5.91 Å². The maximum atomic E-state index is 12.7. The standard InChI is InChI=1S/C17H23N3O3/c1-12-14(17(22)23)5-4-10-20(12)16(21)13-6-7-15(18-11-13)19-8-2-3-9-19/h6-7,11-12,14H,2-5,8-10H2,1H3,(H,22,23)/t12-,14-/m1/s1. The summed E-state index contributed by atoms with van der Waals surface area (Å²) in [4.78, 5) is 32.3. The number of hydrogen-bond acceptors (Lipinski definition) is 4.